The highest BCUT2D eigenvalue weighted by Gasteiger charge is 2.31. The minimum atomic E-state index is 0.440. The third-order valence-corrected chi connectivity index (χ3v) is 4.97. The van der Waals surface area contributed by atoms with Gasteiger partial charge in [0.05, 0.1) is 5.51 Å². The van der Waals surface area contributed by atoms with Gasteiger partial charge in [0.15, 0.2) is 0 Å². The zero-order valence-electron chi connectivity index (χ0n) is 9.32. The van der Waals surface area contributed by atoms with Crippen molar-refractivity contribution in [3.8, 4) is 0 Å². The number of nitrogens with zero attached hydrogens (tertiary/aromatic N) is 1. The van der Waals surface area contributed by atoms with Crippen LogP contribution >= 0.6 is 23.1 Å². The summed E-state index contributed by atoms with van der Waals surface area (Å²) in [6.07, 6.45) is 3.28. The Kier molecular flexibility index (Phi) is 3.69. The summed E-state index contributed by atoms with van der Waals surface area (Å²) < 4.78 is 0. The molecule has 0 spiro atoms. The predicted molar refractivity (Wildman–Crippen MR) is 68.5 cm³/mol. The van der Waals surface area contributed by atoms with E-state index in [0.717, 1.165) is 6.54 Å². The molecule has 0 amide bonds. The molecule has 0 saturated carbocycles. The average Bonchev–Trinajstić information content (AvgIpc) is 2.68. The molecule has 2 heterocycles. The number of thiazole rings is 1. The van der Waals surface area contributed by atoms with Gasteiger partial charge in [-0.1, -0.05) is 13.8 Å². The van der Waals surface area contributed by atoms with E-state index in [2.05, 4.69) is 35.9 Å². The smallest absolute Gasteiger partial charge is 0.0794 e. The van der Waals surface area contributed by atoms with E-state index >= 15 is 0 Å². The topological polar surface area (TPSA) is 24.9 Å². The van der Waals surface area contributed by atoms with Crippen LogP contribution in [0.15, 0.2) is 11.7 Å². The Balaban J connectivity index is 1.88. The summed E-state index contributed by atoms with van der Waals surface area (Å²) >= 11 is 3.80. The zero-order chi connectivity index (χ0) is 10.7. The Morgan fingerprint density at radius 2 is 2.47 bits per heavy atom. The van der Waals surface area contributed by atoms with Crippen LogP contribution in [0.25, 0.3) is 0 Å². The lowest BCUT2D eigenvalue weighted by atomic mass is 9.82. The Morgan fingerprint density at radius 3 is 3.13 bits per heavy atom. The predicted octanol–water partition coefficient (Wildman–Crippen LogP) is 2.76. The average molecular weight is 242 g/mol. The Morgan fingerprint density at radius 1 is 1.60 bits per heavy atom. The van der Waals surface area contributed by atoms with Gasteiger partial charge in [0, 0.05) is 29.4 Å². The molecule has 4 heteroatoms. The molecule has 0 bridgehead atoms. The van der Waals surface area contributed by atoms with Crippen LogP contribution in [0.3, 0.4) is 0 Å². The molecule has 15 heavy (non-hydrogen) atoms. The monoisotopic (exact) mass is 242 g/mol. The third kappa shape index (κ3) is 2.95. The van der Waals surface area contributed by atoms with Gasteiger partial charge in [-0.05, 0) is 17.6 Å². The summed E-state index contributed by atoms with van der Waals surface area (Å²) in [6.45, 7) is 5.72. The second-order valence-electron chi connectivity index (χ2n) is 4.71. The molecular weight excluding hydrogens is 224 g/mol. The number of hydrogen-bond acceptors (Lipinski definition) is 4. The van der Waals surface area contributed by atoms with Gasteiger partial charge < -0.3 is 5.32 Å². The Hall–Kier alpha value is -0.0600. The van der Waals surface area contributed by atoms with Crippen molar-refractivity contribution in [2.24, 2.45) is 5.41 Å². The van der Waals surface area contributed by atoms with E-state index in [-0.39, 0.29) is 0 Å². The van der Waals surface area contributed by atoms with Gasteiger partial charge in [-0.15, -0.1) is 11.3 Å². The van der Waals surface area contributed by atoms with Crippen molar-refractivity contribution < 1.29 is 0 Å². The van der Waals surface area contributed by atoms with Crippen molar-refractivity contribution in [2.75, 3.05) is 11.5 Å². The van der Waals surface area contributed by atoms with Crippen molar-refractivity contribution >= 4 is 23.1 Å². The molecule has 2 rings (SSSR count). The maximum atomic E-state index is 4.10. The summed E-state index contributed by atoms with van der Waals surface area (Å²) in [7, 11) is 0. The number of rotatable bonds is 3. The van der Waals surface area contributed by atoms with E-state index in [1.807, 2.05) is 11.7 Å². The first-order valence-electron chi connectivity index (χ1n) is 5.37. The number of aromatic nitrogens is 1. The van der Waals surface area contributed by atoms with E-state index < -0.39 is 0 Å². The third-order valence-electron chi connectivity index (χ3n) is 3.12. The van der Waals surface area contributed by atoms with E-state index in [0.29, 0.717) is 11.5 Å². The van der Waals surface area contributed by atoms with Crippen LogP contribution in [-0.2, 0) is 6.54 Å². The van der Waals surface area contributed by atoms with Gasteiger partial charge in [-0.2, -0.15) is 11.8 Å². The first kappa shape index (κ1) is 11.4. The minimum absolute atomic E-state index is 0.440. The molecule has 1 aliphatic heterocycles. The van der Waals surface area contributed by atoms with Gasteiger partial charge in [-0.25, -0.2) is 0 Å². The lowest BCUT2D eigenvalue weighted by molar-refractivity contribution is 0.245. The van der Waals surface area contributed by atoms with E-state index in [1.54, 1.807) is 11.3 Å². The SMILES string of the molecule is CC1(C)CCSCC1NCc1cncs1. The van der Waals surface area contributed by atoms with Crippen molar-refractivity contribution in [1.29, 1.82) is 0 Å². The van der Waals surface area contributed by atoms with Crippen LogP contribution in [0.4, 0.5) is 0 Å². The van der Waals surface area contributed by atoms with Crippen molar-refractivity contribution in [2.45, 2.75) is 32.9 Å². The highest BCUT2D eigenvalue weighted by atomic mass is 32.2. The molecule has 1 fully saturated rings. The molecule has 1 aromatic heterocycles. The highest BCUT2D eigenvalue weighted by molar-refractivity contribution is 7.99. The molecule has 1 N–H and O–H groups in total. The summed E-state index contributed by atoms with van der Waals surface area (Å²) in [6, 6.07) is 0.637. The van der Waals surface area contributed by atoms with E-state index in [1.165, 1.54) is 22.8 Å². The van der Waals surface area contributed by atoms with Crippen LogP contribution in [0.2, 0.25) is 0 Å². The minimum Gasteiger partial charge on any atom is -0.308 e. The molecule has 1 atom stereocenters. The van der Waals surface area contributed by atoms with Gasteiger partial charge >= 0.3 is 0 Å². The fourth-order valence-electron chi connectivity index (χ4n) is 1.82. The van der Waals surface area contributed by atoms with Crippen LogP contribution in [0.1, 0.15) is 25.1 Å². The summed E-state index contributed by atoms with van der Waals surface area (Å²) in [5.74, 6) is 2.55. The fourth-order valence-corrected chi connectivity index (χ4v) is 4.01. The van der Waals surface area contributed by atoms with Gasteiger partial charge in [0.2, 0.25) is 0 Å². The number of nitrogens with one attached hydrogen (secondary N) is 1. The maximum absolute atomic E-state index is 4.10. The second kappa shape index (κ2) is 4.85. The first-order chi connectivity index (χ1) is 7.18. The lowest BCUT2D eigenvalue weighted by Gasteiger charge is -2.38. The molecule has 0 radical (unpaired) electrons. The molecule has 1 unspecified atom stereocenters. The Bertz CT molecular complexity index is 296. The van der Waals surface area contributed by atoms with Crippen molar-refractivity contribution in [1.82, 2.24) is 10.3 Å². The summed E-state index contributed by atoms with van der Waals surface area (Å²) in [4.78, 5) is 5.43. The van der Waals surface area contributed by atoms with Gasteiger partial charge in [-0.3, -0.25) is 4.98 Å². The molecule has 0 aliphatic carbocycles. The van der Waals surface area contributed by atoms with Crippen molar-refractivity contribution in [3.05, 3.63) is 16.6 Å². The number of thioether (sulfide) groups is 1. The highest BCUT2D eigenvalue weighted by Crippen LogP contribution is 2.34. The van der Waals surface area contributed by atoms with Crippen LogP contribution in [0, 0.1) is 5.41 Å². The maximum Gasteiger partial charge on any atom is 0.0794 e. The molecule has 1 saturated heterocycles. The lowest BCUT2D eigenvalue weighted by Crippen LogP contribution is -2.46. The zero-order valence-corrected chi connectivity index (χ0v) is 11.0. The summed E-state index contributed by atoms with van der Waals surface area (Å²) in [5, 5.41) is 3.66. The number of hydrogen-bond donors (Lipinski definition) is 1. The quantitative estimate of drug-likeness (QED) is 0.882. The van der Waals surface area contributed by atoms with Crippen LogP contribution in [0.5, 0.6) is 0 Å². The van der Waals surface area contributed by atoms with Crippen LogP contribution < -0.4 is 5.32 Å². The van der Waals surface area contributed by atoms with Crippen LogP contribution in [-0.4, -0.2) is 22.5 Å². The van der Waals surface area contributed by atoms with Crippen molar-refractivity contribution in [3.63, 3.8) is 0 Å². The molecule has 2 nitrogen and oxygen atoms in total. The molecule has 84 valence electrons. The molecule has 1 aliphatic rings. The summed E-state index contributed by atoms with van der Waals surface area (Å²) in [5.41, 5.74) is 2.34. The largest absolute Gasteiger partial charge is 0.308 e. The fraction of sp³-hybridized carbons (Fsp3) is 0.727. The Labute approximate surface area is 99.9 Å². The van der Waals surface area contributed by atoms with Gasteiger partial charge in [0.25, 0.3) is 0 Å². The molecule has 0 aromatic carbocycles. The van der Waals surface area contributed by atoms with Gasteiger partial charge in [0.1, 0.15) is 0 Å². The standard InChI is InChI=1S/C11H18N2S2/c1-11(2)3-4-14-7-10(11)13-6-9-5-12-8-15-9/h5,8,10,13H,3-4,6-7H2,1-2H3. The normalized spacial score (nSPS) is 25.3. The second-order valence-corrected chi connectivity index (χ2v) is 6.84. The molecule has 1 aromatic rings. The first-order valence-corrected chi connectivity index (χ1v) is 7.40. The van der Waals surface area contributed by atoms with E-state index in [4.69, 9.17) is 0 Å². The van der Waals surface area contributed by atoms with E-state index in [9.17, 15) is 0 Å². The molecular formula is C11H18N2S2.